The molecule has 3 nitrogen and oxygen atoms in total. The Bertz CT molecular complexity index is 513. The molecule has 15 heavy (non-hydrogen) atoms. The van der Waals surface area contributed by atoms with Gasteiger partial charge in [-0.3, -0.25) is 0 Å². The van der Waals surface area contributed by atoms with Gasteiger partial charge in [0.2, 0.25) is 0 Å². The van der Waals surface area contributed by atoms with Crippen LogP contribution in [0.15, 0.2) is 31.2 Å². The maximum Gasteiger partial charge on any atom is 0.417 e. The number of nitrogens with zero attached hydrogens (tertiary/aromatic N) is 3. The van der Waals surface area contributed by atoms with Crippen LogP contribution in [0, 0.1) is 0 Å². The molecule has 0 aliphatic carbocycles. The summed E-state index contributed by atoms with van der Waals surface area (Å²) in [4.78, 5) is 3.70. The van der Waals surface area contributed by atoms with Gasteiger partial charge in [-0.25, -0.2) is 9.50 Å². The molecule has 2 aromatic heterocycles. The van der Waals surface area contributed by atoms with E-state index in [-0.39, 0.29) is 5.69 Å². The van der Waals surface area contributed by atoms with Gasteiger partial charge in [-0.05, 0) is 12.1 Å². The number of hydrogen-bond donors (Lipinski definition) is 0. The van der Waals surface area contributed by atoms with Crippen LogP contribution >= 0.6 is 0 Å². The predicted molar refractivity (Wildman–Crippen MR) is 48.1 cm³/mol. The van der Waals surface area contributed by atoms with Crippen LogP contribution in [0.4, 0.5) is 13.2 Å². The third kappa shape index (κ3) is 1.58. The van der Waals surface area contributed by atoms with E-state index in [2.05, 4.69) is 16.7 Å². The summed E-state index contributed by atoms with van der Waals surface area (Å²) in [5, 5.41) is 3.72. The third-order valence-electron chi connectivity index (χ3n) is 1.98. The summed E-state index contributed by atoms with van der Waals surface area (Å²) in [6.45, 7) is 3.01. The second kappa shape index (κ2) is 3.08. The van der Waals surface area contributed by atoms with Gasteiger partial charge in [-0.2, -0.15) is 18.3 Å². The molecule has 0 amide bonds. The van der Waals surface area contributed by atoms with Crippen LogP contribution in [0.5, 0.6) is 0 Å². The van der Waals surface area contributed by atoms with E-state index < -0.39 is 11.7 Å². The minimum atomic E-state index is -4.45. The first kappa shape index (κ1) is 9.70. The van der Waals surface area contributed by atoms with Crippen molar-refractivity contribution in [2.24, 2.45) is 0 Å². The minimum Gasteiger partial charge on any atom is -0.241 e. The minimum absolute atomic E-state index is 0.0695. The molecule has 0 aromatic carbocycles. The Kier molecular flexibility index (Phi) is 1.99. The topological polar surface area (TPSA) is 30.2 Å². The summed E-state index contributed by atoms with van der Waals surface area (Å²) in [6, 6.07) is 2.83. The number of allylic oxidation sites excluding steroid dienone is 1. The highest BCUT2D eigenvalue weighted by molar-refractivity contribution is 5.68. The van der Waals surface area contributed by atoms with Gasteiger partial charge in [0, 0.05) is 0 Å². The van der Waals surface area contributed by atoms with Gasteiger partial charge in [-0.15, -0.1) is 0 Å². The van der Waals surface area contributed by atoms with Crippen molar-refractivity contribution in [1.82, 2.24) is 14.6 Å². The Balaban J connectivity index is 2.58. The van der Waals surface area contributed by atoms with Crippen molar-refractivity contribution in [2.75, 3.05) is 0 Å². The zero-order valence-corrected chi connectivity index (χ0v) is 7.49. The largest absolute Gasteiger partial charge is 0.417 e. The normalized spacial score (nSPS) is 11.9. The molecule has 0 radical (unpaired) electrons. The number of alkyl halides is 3. The predicted octanol–water partition coefficient (Wildman–Crippen LogP) is 2.30. The molecule has 0 unspecified atom stereocenters. The molecule has 0 saturated heterocycles. The van der Waals surface area contributed by atoms with Crippen molar-refractivity contribution in [2.45, 2.75) is 6.18 Å². The maximum absolute atomic E-state index is 12.4. The van der Waals surface area contributed by atoms with E-state index in [0.717, 1.165) is 4.52 Å². The molecule has 0 N–H and O–H groups in total. The van der Waals surface area contributed by atoms with Crippen LogP contribution in [0.3, 0.4) is 0 Å². The average molecular weight is 213 g/mol. The molecule has 0 saturated carbocycles. The fraction of sp³-hybridized carbons (Fsp3) is 0.111. The molecule has 6 heteroatoms. The molecular formula is C9H6F3N3. The highest BCUT2D eigenvalue weighted by atomic mass is 19.4. The van der Waals surface area contributed by atoms with Gasteiger partial charge in [0.05, 0.1) is 23.0 Å². The monoisotopic (exact) mass is 213 g/mol. The standard InChI is InChI=1S/C9H6F3N3/c1-6(9(10,11)12)8-3-2-7-4-13-5-14-15(7)8/h2-5H,1H2. The van der Waals surface area contributed by atoms with Gasteiger partial charge in [0.1, 0.15) is 6.33 Å². The van der Waals surface area contributed by atoms with Crippen LogP contribution in [0.2, 0.25) is 0 Å². The molecule has 2 heterocycles. The molecule has 0 aliphatic heterocycles. The summed E-state index contributed by atoms with van der Waals surface area (Å²) in [5.41, 5.74) is -0.487. The Morgan fingerprint density at radius 1 is 1.33 bits per heavy atom. The van der Waals surface area contributed by atoms with E-state index in [1.807, 2.05) is 0 Å². The lowest BCUT2D eigenvalue weighted by Gasteiger charge is -2.08. The lowest BCUT2D eigenvalue weighted by Crippen LogP contribution is -2.12. The number of halogens is 3. The van der Waals surface area contributed by atoms with Gasteiger partial charge in [-0.1, -0.05) is 6.58 Å². The van der Waals surface area contributed by atoms with E-state index >= 15 is 0 Å². The van der Waals surface area contributed by atoms with Gasteiger partial charge < -0.3 is 0 Å². The van der Waals surface area contributed by atoms with E-state index in [1.165, 1.54) is 24.7 Å². The SMILES string of the molecule is C=C(c1ccc2cncnn12)C(F)(F)F. The zero-order valence-electron chi connectivity index (χ0n) is 7.49. The molecule has 0 aliphatic rings. The smallest absolute Gasteiger partial charge is 0.241 e. The lowest BCUT2D eigenvalue weighted by atomic mass is 10.2. The number of aromatic nitrogens is 3. The third-order valence-corrected chi connectivity index (χ3v) is 1.98. The summed E-state index contributed by atoms with van der Waals surface area (Å²) < 4.78 is 38.3. The van der Waals surface area contributed by atoms with E-state index in [0.29, 0.717) is 5.52 Å². The first-order valence-electron chi connectivity index (χ1n) is 4.04. The quantitative estimate of drug-likeness (QED) is 0.727. The van der Waals surface area contributed by atoms with Crippen molar-refractivity contribution in [3.63, 3.8) is 0 Å². The fourth-order valence-electron chi connectivity index (χ4n) is 1.24. The highest BCUT2D eigenvalue weighted by Gasteiger charge is 2.34. The molecule has 0 spiro atoms. The van der Waals surface area contributed by atoms with E-state index in [4.69, 9.17) is 0 Å². The van der Waals surface area contributed by atoms with Gasteiger partial charge in [0.25, 0.3) is 0 Å². The highest BCUT2D eigenvalue weighted by Crippen LogP contribution is 2.32. The van der Waals surface area contributed by atoms with Crippen molar-refractivity contribution in [3.05, 3.63) is 36.9 Å². The van der Waals surface area contributed by atoms with Gasteiger partial charge in [0.15, 0.2) is 0 Å². The fourth-order valence-corrected chi connectivity index (χ4v) is 1.24. The van der Waals surface area contributed by atoms with E-state index in [9.17, 15) is 13.2 Å². The Hall–Kier alpha value is -1.85. The second-order valence-electron chi connectivity index (χ2n) is 2.94. The van der Waals surface area contributed by atoms with Crippen molar-refractivity contribution < 1.29 is 13.2 Å². The summed E-state index contributed by atoms with van der Waals surface area (Å²) in [6.07, 6.45) is -1.83. The van der Waals surface area contributed by atoms with Crippen molar-refractivity contribution in [3.8, 4) is 0 Å². The Morgan fingerprint density at radius 3 is 2.73 bits per heavy atom. The molecule has 0 fully saturated rings. The number of fused-ring (bicyclic) bond motifs is 1. The zero-order chi connectivity index (χ0) is 11.1. The van der Waals surface area contributed by atoms with Crippen molar-refractivity contribution in [1.29, 1.82) is 0 Å². The summed E-state index contributed by atoms with van der Waals surface area (Å²) in [7, 11) is 0. The molecule has 2 aromatic rings. The average Bonchev–Trinajstić information content (AvgIpc) is 2.58. The maximum atomic E-state index is 12.4. The van der Waals surface area contributed by atoms with Crippen molar-refractivity contribution >= 4 is 11.1 Å². The van der Waals surface area contributed by atoms with Gasteiger partial charge >= 0.3 is 6.18 Å². The lowest BCUT2D eigenvalue weighted by molar-refractivity contribution is -0.0689. The van der Waals surface area contributed by atoms with Crippen LogP contribution in [0.1, 0.15) is 5.69 Å². The summed E-state index contributed by atoms with van der Waals surface area (Å²) >= 11 is 0. The van der Waals surface area contributed by atoms with E-state index in [1.54, 1.807) is 0 Å². The second-order valence-corrected chi connectivity index (χ2v) is 2.94. The Labute approximate surface area is 82.9 Å². The molecular weight excluding hydrogens is 207 g/mol. The molecule has 0 bridgehead atoms. The molecule has 78 valence electrons. The van der Waals surface area contributed by atoms with Crippen LogP contribution in [0.25, 0.3) is 11.1 Å². The summed E-state index contributed by atoms with van der Waals surface area (Å²) in [5.74, 6) is 0. The molecule has 0 atom stereocenters. The Morgan fingerprint density at radius 2 is 2.07 bits per heavy atom. The first-order valence-corrected chi connectivity index (χ1v) is 4.04. The van der Waals surface area contributed by atoms with Crippen LogP contribution < -0.4 is 0 Å². The number of hydrogen-bond acceptors (Lipinski definition) is 2. The van der Waals surface area contributed by atoms with Crippen LogP contribution in [-0.2, 0) is 0 Å². The molecule has 2 rings (SSSR count). The number of rotatable bonds is 1. The van der Waals surface area contributed by atoms with Crippen LogP contribution in [-0.4, -0.2) is 20.8 Å². The first-order chi connectivity index (χ1) is 7.00.